The van der Waals surface area contributed by atoms with Gasteiger partial charge in [-0.2, -0.15) is 0 Å². The van der Waals surface area contributed by atoms with Crippen molar-refractivity contribution in [2.24, 2.45) is 0 Å². The summed E-state index contributed by atoms with van der Waals surface area (Å²) in [4.78, 5) is 25.9. The lowest BCUT2D eigenvalue weighted by Gasteiger charge is -2.29. The number of nitrogens with one attached hydrogen (secondary N) is 1. The zero-order valence-corrected chi connectivity index (χ0v) is 16.1. The molecule has 1 heterocycles. The van der Waals surface area contributed by atoms with Gasteiger partial charge in [0.05, 0.1) is 18.4 Å². The van der Waals surface area contributed by atoms with Crippen LogP contribution in [0.3, 0.4) is 0 Å². The van der Waals surface area contributed by atoms with E-state index in [-0.39, 0.29) is 12.4 Å². The first-order valence-corrected chi connectivity index (χ1v) is 9.17. The Labute approximate surface area is 169 Å². The number of esters is 1. The molecule has 0 amide bonds. The predicted octanol–water partition coefficient (Wildman–Crippen LogP) is 3.44. The number of dihydropyridines is 1. The van der Waals surface area contributed by atoms with Gasteiger partial charge in [-0.05, 0) is 24.6 Å². The van der Waals surface area contributed by atoms with E-state index in [0.717, 1.165) is 16.8 Å². The summed E-state index contributed by atoms with van der Waals surface area (Å²) < 4.78 is 10.5. The summed E-state index contributed by atoms with van der Waals surface area (Å²) in [6, 6.07) is 14.7. The highest BCUT2D eigenvalue weighted by Gasteiger charge is 2.42. The molecule has 0 radical (unpaired) electrons. The number of ether oxygens (including phenoxy) is 2. The standard InChI is InChI=1S/C24H19NO4/c1-4-13-29-16-11-9-15(10-12-16)20-19(24(27)28-3)14(2)25-22-17-7-5-6-8-18(17)23(26)21(20)22/h1,5-12,20,25H,13H2,2-3H3/t20-/m0/s1. The quantitative estimate of drug-likeness (QED) is 0.645. The van der Waals surface area contributed by atoms with Crippen molar-refractivity contribution in [1.29, 1.82) is 0 Å². The van der Waals surface area contributed by atoms with Crippen LogP contribution in [0.1, 0.15) is 34.3 Å². The molecule has 0 unspecified atom stereocenters. The van der Waals surface area contributed by atoms with Gasteiger partial charge in [-0.1, -0.05) is 42.3 Å². The van der Waals surface area contributed by atoms with Gasteiger partial charge in [0.15, 0.2) is 5.78 Å². The molecule has 1 atom stereocenters. The Balaban J connectivity index is 1.85. The number of hydrogen-bond donors (Lipinski definition) is 1. The minimum atomic E-state index is -0.541. The average Bonchev–Trinajstić information content (AvgIpc) is 3.03. The van der Waals surface area contributed by atoms with Crippen molar-refractivity contribution in [3.05, 3.63) is 82.1 Å². The van der Waals surface area contributed by atoms with E-state index < -0.39 is 11.9 Å². The molecule has 0 fully saturated rings. The number of hydrogen-bond acceptors (Lipinski definition) is 5. The molecule has 0 bridgehead atoms. The van der Waals surface area contributed by atoms with Gasteiger partial charge in [0.25, 0.3) is 0 Å². The molecule has 0 spiro atoms. The first-order valence-electron chi connectivity index (χ1n) is 9.17. The van der Waals surface area contributed by atoms with E-state index in [1.807, 2.05) is 37.3 Å². The second-order valence-electron chi connectivity index (χ2n) is 6.81. The van der Waals surface area contributed by atoms with E-state index in [1.165, 1.54) is 7.11 Å². The number of carbonyl (C=O) groups excluding carboxylic acids is 2. The highest BCUT2D eigenvalue weighted by Crippen LogP contribution is 2.46. The van der Waals surface area contributed by atoms with E-state index in [0.29, 0.717) is 28.2 Å². The highest BCUT2D eigenvalue weighted by atomic mass is 16.5. The first-order chi connectivity index (χ1) is 14.1. The first kappa shape index (κ1) is 18.6. The molecule has 4 rings (SSSR count). The minimum absolute atomic E-state index is 0.0883. The molecule has 144 valence electrons. The highest BCUT2D eigenvalue weighted by molar-refractivity contribution is 6.23. The van der Waals surface area contributed by atoms with Gasteiger partial charge in [-0.25, -0.2) is 4.79 Å². The van der Waals surface area contributed by atoms with Crippen LogP contribution in [0.2, 0.25) is 0 Å². The second-order valence-corrected chi connectivity index (χ2v) is 6.81. The van der Waals surface area contributed by atoms with Gasteiger partial charge in [-0.15, -0.1) is 6.42 Å². The summed E-state index contributed by atoms with van der Waals surface area (Å²) in [6.45, 7) is 1.99. The normalized spacial score (nSPS) is 17.3. The molecule has 1 aliphatic heterocycles. The lowest BCUT2D eigenvalue weighted by molar-refractivity contribution is -0.136. The Morgan fingerprint density at radius 2 is 1.83 bits per heavy atom. The van der Waals surface area contributed by atoms with Crippen LogP contribution in [0.5, 0.6) is 5.75 Å². The molecule has 1 N–H and O–H groups in total. The van der Waals surface area contributed by atoms with Gasteiger partial charge in [-0.3, -0.25) is 4.79 Å². The van der Waals surface area contributed by atoms with Crippen LogP contribution in [0, 0.1) is 12.3 Å². The van der Waals surface area contributed by atoms with Crippen molar-refractivity contribution < 1.29 is 19.1 Å². The van der Waals surface area contributed by atoms with Gasteiger partial charge >= 0.3 is 5.97 Å². The van der Waals surface area contributed by atoms with E-state index in [4.69, 9.17) is 15.9 Å². The maximum atomic E-state index is 13.3. The summed E-state index contributed by atoms with van der Waals surface area (Å²) in [6.07, 6.45) is 5.24. The van der Waals surface area contributed by atoms with Gasteiger partial charge in [0.1, 0.15) is 12.4 Å². The third-order valence-electron chi connectivity index (χ3n) is 5.19. The van der Waals surface area contributed by atoms with Crippen LogP contribution in [0.25, 0.3) is 5.70 Å². The summed E-state index contributed by atoms with van der Waals surface area (Å²) in [5.74, 6) is 1.95. The van der Waals surface area contributed by atoms with E-state index in [2.05, 4.69) is 11.2 Å². The lowest BCUT2D eigenvalue weighted by atomic mass is 9.80. The van der Waals surface area contributed by atoms with Crippen LogP contribution in [0.4, 0.5) is 0 Å². The van der Waals surface area contributed by atoms with Crippen molar-refractivity contribution in [2.45, 2.75) is 12.8 Å². The van der Waals surface area contributed by atoms with E-state index in [1.54, 1.807) is 18.2 Å². The Morgan fingerprint density at radius 1 is 1.14 bits per heavy atom. The second kappa shape index (κ2) is 7.33. The number of methoxy groups -OCH3 is 1. The molecule has 0 aromatic heterocycles. The molecule has 29 heavy (non-hydrogen) atoms. The molecule has 0 saturated heterocycles. The van der Waals surface area contributed by atoms with Crippen molar-refractivity contribution >= 4 is 17.4 Å². The topological polar surface area (TPSA) is 64.6 Å². The van der Waals surface area contributed by atoms with E-state index in [9.17, 15) is 9.59 Å². The molecule has 2 aromatic rings. The van der Waals surface area contributed by atoms with Crippen LogP contribution < -0.4 is 10.1 Å². The Bertz CT molecular complexity index is 1120. The smallest absolute Gasteiger partial charge is 0.336 e. The Hall–Kier alpha value is -3.78. The fourth-order valence-electron chi connectivity index (χ4n) is 3.92. The number of allylic oxidation sites excluding steroid dienone is 2. The molecule has 0 saturated carbocycles. The maximum absolute atomic E-state index is 13.3. The Kier molecular flexibility index (Phi) is 4.69. The Morgan fingerprint density at radius 3 is 2.48 bits per heavy atom. The summed E-state index contributed by atoms with van der Waals surface area (Å²) >= 11 is 0. The largest absolute Gasteiger partial charge is 0.481 e. The SMILES string of the molecule is C#CCOc1ccc([C@H]2C(C(=O)OC)=C(C)NC3=C2C(=O)c2ccccc23)cc1. The summed E-state index contributed by atoms with van der Waals surface area (Å²) in [5.41, 5.74) is 4.65. The molecule has 1 aliphatic carbocycles. The molecular formula is C24H19NO4. The molecule has 5 nitrogen and oxygen atoms in total. The van der Waals surface area contributed by atoms with Crippen molar-refractivity contribution in [3.8, 4) is 18.1 Å². The number of terminal acetylenes is 1. The average molecular weight is 385 g/mol. The monoisotopic (exact) mass is 385 g/mol. The van der Waals surface area contributed by atoms with Crippen LogP contribution in [-0.2, 0) is 9.53 Å². The van der Waals surface area contributed by atoms with Gasteiger partial charge in [0, 0.05) is 28.3 Å². The van der Waals surface area contributed by atoms with Crippen molar-refractivity contribution in [1.82, 2.24) is 5.32 Å². The number of fused-ring (bicyclic) bond motifs is 2. The molecule has 5 heteroatoms. The number of ketones is 1. The fraction of sp³-hybridized carbons (Fsp3) is 0.167. The fourth-order valence-corrected chi connectivity index (χ4v) is 3.92. The number of carbonyl (C=O) groups is 2. The number of benzene rings is 2. The van der Waals surface area contributed by atoms with Gasteiger partial charge in [0.2, 0.25) is 0 Å². The molecule has 2 aromatic carbocycles. The minimum Gasteiger partial charge on any atom is -0.481 e. The van der Waals surface area contributed by atoms with Crippen LogP contribution in [0.15, 0.2) is 65.4 Å². The zero-order chi connectivity index (χ0) is 20.5. The number of rotatable bonds is 4. The van der Waals surface area contributed by atoms with Crippen molar-refractivity contribution in [2.75, 3.05) is 13.7 Å². The van der Waals surface area contributed by atoms with Crippen LogP contribution in [-0.4, -0.2) is 25.5 Å². The lowest BCUT2D eigenvalue weighted by Crippen LogP contribution is -2.29. The number of Topliss-reactive ketones (excluding diaryl/α,β-unsaturated/α-hetero) is 1. The third-order valence-corrected chi connectivity index (χ3v) is 5.19. The third kappa shape index (κ3) is 2.99. The van der Waals surface area contributed by atoms with Gasteiger partial charge < -0.3 is 14.8 Å². The van der Waals surface area contributed by atoms with E-state index >= 15 is 0 Å². The van der Waals surface area contributed by atoms with Crippen molar-refractivity contribution in [3.63, 3.8) is 0 Å². The molecule has 2 aliphatic rings. The molecular weight excluding hydrogens is 366 g/mol. The summed E-state index contributed by atoms with van der Waals surface area (Å²) in [5, 5.41) is 3.26. The van der Waals surface area contributed by atoms with Crippen LogP contribution >= 0.6 is 0 Å². The maximum Gasteiger partial charge on any atom is 0.336 e. The zero-order valence-electron chi connectivity index (χ0n) is 16.1. The summed E-state index contributed by atoms with van der Waals surface area (Å²) in [7, 11) is 1.34. The predicted molar refractivity (Wildman–Crippen MR) is 109 cm³/mol.